The molecule has 2 aromatic rings. The van der Waals surface area contributed by atoms with Gasteiger partial charge in [-0.1, -0.05) is 54.4 Å². The number of halogens is 1. The minimum atomic E-state index is 0.783. The third kappa shape index (κ3) is 3.12. The quantitative estimate of drug-likeness (QED) is 0.857. The van der Waals surface area contributed by atoms with Crippen molar-refractivity contribution < 1.29 is 0 Å². The number of aryl methyl sites for hydroxylation is 1. The van der Waals surface area contributed by atoms with Crippen molar-refractivity contribution in [1.82, 2.24) is 5.32 Å². The van der Waals surface area contributed by atoms with Gasteiger partial charge in [-0.05, 0) is 42.3 Å². The molecule has 0 fully saturated rings. The molecule has 0 radical (unpaired) electrons. The maximum absolute atomic E-state index is 6.11. The molecule has 94 valence electrons. The summed E-state index contributed by atoms with van der Waals surface area (Å²) in [7, 11) is 0. The van der Waals surface area contributed by atoms with Gasteiger partial charge in [-0.2, -0.15) is 0 Å². The average molecular weight is 260 g/mol. The van der Waals surface area contributed by atoms with Gasteiger partial charge in [0.25, 0.3) is 0 Å². The Morgan fingerprint density at radius 3 is 2.44 bits per heavy atom. The largest absolute Gasteiger partial charge is 0.313 e. The van der Waals surface area contributed by atoms with E-state index in [0.717, 1.165) is 18.1 Å². The van der Waals surface area contributed by atoms with Gasteiger partial charge in [0, 0.05) is 11.6 Å². The topological polar surface area (TPSA) is 12.0 Å². The van der Waals surface area contributed by atoms with Crippen LogP contribution in [-0.2, 0) is 6.54 Å². The van der Waals surface area contributed by atoms with Crippen molar-refractivity contribution in [1.29, 1.82) is 0 Å². The summed E-state index contributed by atoms with van der Waals surface area (Å²) in [5, 5.41) is 4.15. The molecule has 0 bridgehead atoms. The van der Waals surface area contributed by atoms with Crippen LogP contribution in [0.15, 0.2) is 42.5 Å². The summed E-state index contributed by atoms with van der Waals surface area (Å²) >= 11 is 6.11. The first kappa shape index (κ1) is 13.1. The van der Waals surface area contributed by atoms with Crippen LogP contribution >= 0.6 is 11.6 Å². The molecule has 0 heterocycles. The minimum absolute atomic E-state index is 0.783. The predicted octanol–water partition coefficient (Wildman–Crippen LogP) is 4.42. The van der Waals surface area contributed by atoms with E-state index in [1.54, 1.807) is 0 Å². The molecular weight excluding hydrogens is 242 g/mol. The van der Waals surface area contributed by atoms with Crippen LogP contribution in [0.2, 0.25) is 5.02 Å². The Bertz CT molecular complexity index is 517. The Kier molecular flexibility index (Phi) is 4.40. The summed E-state index contributed by atoms with van der Waals surface area (Å²) < 4.78 is 0. The molecule has 18 heavy (non-hydrogen) atoms. The molecule has 0 aromatic heterocycles. The maximum atomic E-state index is 6.11. The Morgan fingerprint density at radius 1 is 1.06 bits per heavy atom. The van der Waals surface area contributed by atoms with Crippen molar-refractivity contribution in [3.05, 3.63) is 58.6 Å². The zero-order valence-electron chi connectivity index (χ0n) is 10.8. The monoisotopic (exact) mass is 259 g/mol. The van der Waals surface area contributed by atoms with Crippen molar-refractivity contribution in [3.63, 3.8) is 0 Å². The Hall–Kier alpha value is -1.31. The van der Waals surface area contributed by atoms with Crippen LogP contribution in [0, 0.1) is 6.92 Å². The van der Waals surface area contributed by atoms with Gasteiger partial charge in [-0.25, -0.2) is 0 Å². The average Bonchev–Trinajstić information content (AvgIpc) is 2.38. The van der Waals surface area contributed by atoms with E-state index in [2.05, 4.69) is 49.5 Å². The number of benzene rings is 2. The Balaban J connectivity index is 2.40. The molecule has 0 spiro atoms. The van der Waals surface area contributed by atoms with Gasteiger partial charge in [0.2, 0.25) is 0 Å². The predicted molar refractivity (Wildman–Crippen MR) is 79.0 cm³/mol. The molecule has 1 N–H and O–H groups in total. The highest BCUT2D eigenvalue weighted by molar-refractivity contribution is 6.30. The maximum Gasteiger partial charge on any atom is 0.0412 e. The fourth-order valence-corrected chi connectivity index (χ4v) is 2.14. The fourth-order valence-electron chi connectivity index (χ4n) is 1.96. The highest BCUT2D eigenvalue weighted by Crippen LogP contribution is 2.27. The Morgan fingerprint density at radius 2 is 1.78 bits per heavy atom. The lowest BCUT2D eigenvalue weighted by molar-refractivity contribution is 0.728. The number of nitrogens with one attached hydrogen (secondary N) is 1. The third-order valence-electron chi connectivity index (χ3n) is 3.00. The van der Waals surface area contributed by atoms with Gasteiger partial charge in [0.05, 0.1) is 0 Å². The molecule has 0 aliphatic rings. The van der Waals surface area contributed by atoms with E-state index in [1.165, 1.54) is 22.3 Å². The van der Waals surface area contributed by atoms with E-state index in [0.29, 0.717) is 0 Å². The van der Waals surface area contributed by atoms with Crippen LogP contribution in [-0.4, -0.2) is 6.54 Å². The van der Waals surface area contributed by atoms with E-state index < -0.39 is 0 Å². The number of hydrogen-bond donors (Lipinski definition) is 1. The molecule has 2 heteroatoms. The van der Waals surface area contributed by atoms with Crippen LogP contribution in [0.4, 0.5) is 0 Å². The van der Waals surface area contributed by atoms with Gasteiger partial charge in [-0.15, -0.1) is 0 Å². The zero-order chi connectivity index (χ0) is 13.0. The molecule has 0 aliphatic heterocycles. The van der Waals surface area contributed by atoms with Crippen LogP contribution in [0.5, 0.6) is 0 Å². The van der Waals surface area contributed by atoms with E-state index >= 15 is 0 Å². The lowest BCUT2D eigenvalue weighted by atomic mass is 9.99. The molecule has 1 nitrogen and oxygen atoms in total. The van der Waals surface area contributed by atoms with Gasteiger partial charge in [-0.3, -0.25) is 0 Å². The van der Waals surface area contributed by atoms with Gasteiger partial charge >= 0.3 is 0 Å². The van der Waals surface area contributed by atoms with E-state index in [4.69, 9.17) is 11.6 Å². The highest BCUT2D eigenvalue weighted by atomic mass is 35.5. The summed E-state index contributed by atoms with van der Waals surface area (Å²) in [6.45, 7) is 6.05. The van der Waals surface area contributed by atoms with Crippen molar-refractivity contribution in [2.45, 2.75) is 20.4 Å². The minimum Gasteiger partial charge on any atom is -0.313 e. The molecule has 0 atom stereocenters. The van der Waals surface area contributed by atoms with Crippen molar-refractivity contribution >= 4 is 11.6 Å². The SMILES string of the molecule is CCNCc1ccc(Cl)cc1-c1ccc(C)cc1. The molecular formula is C16H18ClN. The second-order valence-electron chi connectivity index (χ2n) is 4.45. The second-order valence-corrected chi connectivity index (χ2v) is 4.88. The molecule has 0 amide bonds. The number of rotatable bonds is 4. The summed E-state index contributed by atoms with van der Waals surface area (Å²) in [4.78, 5) is 0. The smallest absolute Gasteiger partial charge is 0.0412 e. The Labute approximate surface area is 114 Å². The second kappa shape index (κ2) is 6.03. The molecule has 2 aromatic carbocycles. The summed E-state index contributed by atoms with van der Waals surface area (Å²) in [5.41, 5.74) is 4.98. The summed E-state index contributed by atoms with van der Waals surface area (Å²) in [6, 6.07) is 14.7. The normalized spacial score (nSPS) is 10.6. The molecule has 0 saturated carbocycles. The summed E-state index contributed by atoms with van der Waals surface area (Å²) in [6.07, 6.45) is 0. The van der Waals surface area contributed by atoms with Crippen LogP contribution < -0.4 is 5.32 Å². The van der Waals surface area contributed by atoms with Crippen LogP contribution in [0.3, 0.4) is 0 Å². The third-order valence-corrected chi connectivity index (χ3v) is 3.24. The fraction of sp³-hybridized carbons (Fsp3) is 0.250. The lowest BCUT2D eigenvalue weighted by Crippen LogP contribution is -2.12. The first-order chi connectivity index (χ1) is 8.70. The van der Waals surface area contributed by atoms with Gasteiger partial charge in [0.1, 0.15) is 0 Å². The molecule has 0 unspecified atom stereocenters. The molecule has 2 rings (SSSR count). The number of hydrogen-bond acceptors (Lipinski definition) is 1. The zero-order valence-corrected chi connectivity index (χ0v) is 11.6. The van der Waals surface area contributed by atoms with Crippen molar-refractivity contribution in [3.8, 4) is 11.1 Å². The molecule has 0 saturated heterocycles. The van der Waals surface area contributed by atoms with E-state index in [1.807, 2.05) is 12.1 Å². The summed E-state index contributed by atoms with van der Waals surface area (Å²) in [5.74, 6) is 0. The van der Waals surface area contributed by atoms with Crippen molar-refractivity contribution in [2.24, 2.45) is 0 Å². The van der Waals surface area contributed by atoms with E-state index in [-0.39, 0.29) is 0 Å². The first-order valence-electron chi connectivity index (χ1n) is 6.27. The first-order valence-corrected chi connectivity index (χ1v) is 6.64. The van der Waals surface area contributed by atoms with E-state index in [9.17, 15) is 0 Å². The highest BCUT2D eigenvalue weighted by Gasteiger charge is 2.05. The van der Waals surface area contributed by atoms with Gasteiger partial charge in [0.15, 0.2) is 0 Å². The van der Waals surface area contributed by atoms with Crippen LogP contribution in [0.1, 0.15) is 18.1 Å². The standard InChI is InChI=1S/C16H18ClN/c1-3-18-11-14-8-9-15(17)10-16(14)13-6-4-12(2)5-7-13/h4-10,18H,3,11H2,1-2H3. The lowest BCUT2D eigenvalue weighted by Gasteiger charge is -2.11. The molecule has 0 aliphatic carbocycles. The van der Waals surface area contributed by atoms with Crippen LogP contribution in [0.25, 0.3) is 11.1 Å². The van der Waals surface area contributed by atoms with Crippen molar-refractivity contribution in [2.75, 3.05) is 6.54 Å². The van der Waals surface area contributed by atoms with Gasteiger partial charge < -0.3 is 5.32 Å².